The number of carbonyl (C=O) groups excluding carboxylic acids is 3. The van der Waals surface area contributed by atoms with Crippen molar-refractivity contribution in [2.75, 3.05) is 20.2 Å². The van der Waals surface area contributed by atoms with Gasteiger partial charge in [0.1, 0.15) is 5.75 Å². The zero-order valence-corrected chi connectivity index (χ0v) is 21.6. The smallest absolute Gasteiger partial charge is 0.249 e. The van der Waals surface area contributed by atoms with Crippen molar-refractivity contribution in [3.8, 4) is 5.75 Å². The van der Waals surface area contributed by atoms with Crippen molar-refractivity contribution >= 4 is 27.6 Å². The SMILES string of the molecule is COc1ccc(S(=O)(=O)N2CCCC(NC(=O)[C@@H](CC(C)C)c3ccccc3C(N)=O)C(=O)C2)cc1. The second kappa shape index (κ2) is 11.7. The van der Waals surface area contributed by atoms with E-state index in [0.717, 1.165) is 4.31 Å². The van der Waals surface area contributed by atoms with Crippen LogP contribution in [0.4, 0.5) is 0 Å². The van der Waals surface area contributed by atoms with Crippen LogP contribution in [0.25, 0.3) is 0 Å². The second-order valence-corrected chi connectivity index (χ2v) is 11.3. The largest absolute Gasteiger partial charge is 0.497 e. The Morgan fingerprint density at radius 1 is 1.14 bits per heavy atom. The first kappa shape index (κ1) is 27.3. The van der Waals surface area contributed by atoms with Crippen molar-refractivity contribution in [3.05, 3.63) is 59.7 Å². The molecule has 10 heteroatoms. The van der Waals surface area contributed by atoms with Gasteiger partial charge >= 0.3 is 0 Å². The highest BCUT2D eigenvalue weighted by Crippen LogP contribution is 2.28. The lowest BCUT2D eigenvalue weighted by Gasteiger charge is -2.24. The van der Waals surface area contributed by atoms with Gasteiger partial charge in [-0.05, 0) is 61.1 Å². The summed E-state index contributed by atoms with van der Waals surface area (Å²) in [5.74, 6) is -1.42. The van der Waals surface area contributed by atoms with Gasteiger partial charge in [0.15, 0.2) is 5.78 Å². The molecular formula is C26H33N3O6S. The molecule has 2 aromatic rings. The molecule has 194 valence electrons. The number of ketones is 1. The summed E-state index contributed by atoms with van der Waals surface area (Å²) in [5, 5.41) is 2.83. The van der Waals surface area contributed by atoms with Crippen LogP contribution in [0.2, 0.25) is 0 Å². The number of nitrogens with zero attached hydrogens (tertiary/aromatic N) is 1. The molecule has 1 aliphatic rings. The molecule has 36 heavy (non-hydrogen) atoms. The standard InChI is InChI=1S/C26H33N3O6S/c1-17(2)15-22(20-7-4-5-8-21(20)25(27)31)26(32)28-23-9-6-14-29(16-24(23)30)36(33,34)19-12-10-18(35-3)11-13-19/h4-5,7-8,10-13,17,22-23H,6,9,14-16H2,1-3H3,(H2,27,31)(H,28,32)/t22-,23?/m0/s1. The average molecular weight is 516 g/mol. The van der Waals surface area contributed by atoms with E-state index < -0.39 is 27.9 Å². The lowest BCUT2D eigenvalue weighted by Crippen LogP contribution is -2.46. The molecule has 1 aliphatic heterocycles. The first-order chi connectivity index (χ1) is 17.0. The van der Waals surface area contributed by atoms with Crippen LogP contribution in [0.5, 0.6) is 5.75 Å². The predicted molar refractivity (Wildman–Crippen MR) is 135 cm³/mol. The van der Waals surface area contributed by atoms with Crippen LogP contribution in [-0.4, -0.2) is 56.6 Å². The maximum Gasteiger partial charge on any atom is 0.249 e. The van der Waals surface area contributed by atoms with Gasteiger partial charge in [-0.25, -0.2) is 8.42 Å². The van der Waals surface area contributed by atoms with E-state index in [1.807, 2.05) is 13.8 Å². The molecule has 3 rings (SSSR count). The number of carbonyl (C=O) groups is 3. The number of ether oxygens (including phenoxy) is 1. The summed E-state index contributed by atoms with van der Waals surface area (Å²) < 4.78 is 32.5. The Morgan fingerprint density at radius 2 is 1.81 bits per heavy atom. The monoisotopic (exact) mass is 515 g/mol. The average Bonchev–Trinajstić information content (AvgIpc) is 3.04. The van der Waals surface area contributed by atoms with E-state index in [0.29, 0.717) is 30.6 Å². The summed E-state index contributed by atoms with van der Waals surface area (Å²) in [5.41, 5.74) is 6.32. The number of amides is 2. The van der Waals surface area contributed by atoms with Gasteiger partial charge in [-0.1, -0.05) is 32.0 Å². The fourth-order valence-electron chi connectivity index (χ4n) is 4.39. The third-order valence-electron chi connectivity index (χ3n) is 6.26. The Labute approximate surface area is 212 Å². The van der Waals surface area contributed by atoms with Crippen LogP contribution in [-0.2, 0) is 19.6 Å². The normalized spacial score (nSPS) is 17.9. The zero-order chi connectivity index (χ0) is 26.5. The summed E-state index contributed by atoms with van der Waals surface area (Å²) in [6.45, 7) is 3.75. The number of nitrogens with two attached hydrogens (primary N) is 1. The Kier molecular flexibility index (Phi) is 8.86. The highest BCUT2D eigenvalue weighted by Gasteiger charge is 2.35. The number of primary amides is 1. The molecule has 3 N–H and O–H groups in total. The number of benzene rings is 2. The van der Waals surface area contributed by atoms with Crippen LogP contribution in [0.3, 0.4) is 0 Å². The van der Waals surface area contributed by atoms with Crippen LogP contribution in [0, 0.1) is 5.92 Å². The molecule has 0 saturated carbocycles. The van der Waals surface area contributed by atoms with E-state index in [1.54, 1.807) is 36.4 Å². The molecule has 2 atom stereocenters. The summed E-state index contributed by atoms with van der Waals surface area (Å²) >= 11 is 0. The molecule has 1 unspecified atom stereocenters. The van der Waals surface area contributed by atoms with E-state index in [4.69, 9.17) is 10.5 Å². The first-order valence-electron chi connectivity index (χ1n) is 11.9. The lowest BCUT2D eigenvalue weighted by atomic mass is 9.86. The van der Waals surface area contributed by atoms with Gasteiger partial charge < -0.3 is 15.8 Å². The van der Waals surface area contributed by atoms with Gasteiger partial charge in [0.05, 0.1) is 30.5 Å². The van der Waals surface area contributed by atoms with Gasteiger partial charge in [-0.3, -0.25) is 14.4 Å². The number of nitrogens with one attached hydrogen (secondary N) is 1. The lowest BCUT2D eigenvalue weighted by molar-refractivity contribution is -0.128. The number of sulfonamides is 1. The van der Waals surface area contributed by atoms with Crippen LogP contribution in [0.1, 0.15) is 54.9 Å². The summed E-state index contributed by atoms with van der Waals surface area (Å²) in [6, 6.07) is 11.8. The van der Waals surface area contributed by atoms with Crippen LogP contribution in [0.15, 0.2) is 53.4 Å². The van der Waals surface area contributed by atoms with Gasteiger partial charge in [-0.2, -0.15) is 4.31 Å². The quantitative estimate of drug-likeness (QED) is 0.527. The van der Waals surface area contributed by atoms with Gasteiger partial charge in [-0.15, -0.1) is 0 Å². The third kappa shape index (κ3) is 6.30. The minimum Gasteiger partial charge on any atom is -0.497 e. The molecule has 1 saturated heterocycles. The Hall–Kier alpha value is -3.24. The van der Waals surface area contributed by atoms with E-state index in [-0.39, 0.29) is 41.2 Å². The Bertz CT molecular complexity index is 1210. The third-order valence-corrected chi connectivity index (χ3v) is 8.12. The van der Waals surface area contributed by atoms with Crippen molar-refractivity contribution in [1.29, 1.82) is 0 Å². The zero-order valence-electron chi connectivity index (χ0n) is 20.8. The maximum absolute atomic E-state index is 13.4. The topological polar surface area (TPSA) is 136 Å². The van der Waals surface area contributed by atoms with Crippen molar-refractivity contribution < 1.29 is 27.5 Å². The fourth-order valence-corrected chi connectivity index (χ4v) is 5.84. The summed E-state index contributed by atoms with van der Waals surface area (Å²) in [6.07, 6.45) is 1.17. The van der Waals surface area contributed by atoms with Gasteiger partial charge in [0.2, 0.25) is 21.8 Å². The van der Waals surface area contributed by atoms with Gasteiger partial charge in [0.25, 0.3) is 0 Å². The van der Waals surface area contributed by atoms with Crippen LogP contribution < -0.4 is 15.8 Å². The molecule has 1 heterocycles. The number of hydrogen-bond donors (Lipinski definition) is 2. The molecular weight excluding hydrogens is 482 g/mol. The molecule has 0 bridgehead atoms. The molecule has 0 spiro atoms. The van der Waals surface area contributed by atoms with Crippen molar-refractivity contribution in [2.24, 2.45) is 11.7 Å². The van der Waals surface area contributed by atoms with E-state index >= 15 is 0 Å². The van der Waals surface area contributed by atoms with Crippen LogP contribution >= 0.6 is 0 Å². The molecule has 0 aliphatic carbocycles. The highest BCUT2D eigenvalue weighted by molar-refractivity contribution is 7.89. The van der Waals surface area contributed by atoms with Crippen molar-refractivity contribution in [1.82, 2.24) is 9.62 Å². The first-order valence-corrected chi connectivity index (χ1v) is 13.3. The molecule has 9 nitrogen and oxygen atoms in total. The minimum atomic E-state index is -3.89. The van der Waals surface area contributed by atoms with Crippen molar-refractivity contribution in [3.63, 3.8) is 0 Å². The molecule has 2 amide bonds. The maximum atomic E-state index is 13.4. The Morgan fingerprint density at radius 3 is 2.42 bits per heavy atom. The summed E-state index contributed by atoms with van der Waals surface area (Å²) in [7, 11) is -2.40. The number of methoxy groups -OCH3 is 1. The fraction of sp³-hybridized carbons (Fsp3) is 0.423. The van der Waals surface area contributed by atoms with E-state index in [1.165, 1.54) is 19.2 Å². The van der Waals surface area contributed by atoms with E-state index in [9.17, 15) is 22.8 Å². The van der Waals surface area contributed by atoms with Crippen molar-refractivity contribution in [2.45, 2.75) is 50.0 Å². The molecule has 0 aromatic heterocycles. The Balaban J connectivity index is 1.78. The summed E-state index contributed by atoms with van der Waals surface area (Å²) in [4.78, 5) is 38.5. The second-order valence-electron chi connectivity index (χ2n) is 9.32. The minimum absolute atomic E-state index is 0.0682. The number of rotatable bonds is 9. The molecule has 2 aromatic carbocycles. The number of Topliss-reactive ketones (excluding diaryl/α,β-unsaturated/α-hetero) is 1. The number of hydrogen-bond acceptors (Lipinski definition) is 6. The van der Waals surface area contributed by atoms with Gasteiger partial charge in [0, 0.05) is 12.1 Å². The highest BCUT2D eigenvalue weighted by atomic mass is 32.2. The predicted octanol–water partition coefficient (Wildman–Crippen LogP) is 2.46. The molecule has 0 radical (unpaired) electrons. The molecule has 1 fully saturated rings. The van der Waals surface area contributed by atoms with E-state index in [2.05, 4.69) is 5.32 Å².